The number of nitrogens with zero attached hydrogens (tertiary/aromatic N) is 1. The third kappa shape index (κ3) is 2.66. The number of rotatable bonds is 1. The minimum Gasteiger partial charge on any atom is -0.300 e. The topological polar surface area (TPSA) is 3.24 Å². The molecule has 0 amide bonds. The zero-order valence-corrected chi connectivity index (χ0v) is 11.2. The van der Waals surface area contributed by atoms with Crippen molar-refractivity contribution >= 4 is 12.4 Å². The Morgan fingerprint density at radius 2 is 1.65 bits per heavy atom. The Hall–Kier alpha value is -0.530. The van der Waals surface area contributed by atoms with E-state index in [1.54, 1.807) is 5.56 Å². The number of hydrogen-bond acceptors (Lipinski definition) is 1. The van der Waals surface area contributed by atoms with Crippen molar-refractivity contribution in [2.24, 2.45) is 0 Å². The first-order chi connectivity index (χ1) is 7.95. The van der Waals surface area contributed by atoms with E-state index in [1.165, 1.54) is 45.2 Å². The van der Waals surface area contributed by atoms with Gasteiger partial charge in [0.05, 0.1) is 0 Å². The molecule has 3 rings (SSSR count). The molecule has 0 bridgehead atoms. The first kappa shape index (κ1) is 12.9. The van der Waals surface area contributed by atoms with Gasteiger partial charge in [-0.1, -0.05) is 36.8 Å². The van der Waals surface area contributed by atoms with E-state index in [-0.39, 0.29) is 12.4 Å². The lowest BCUT2D eigenvalue weighted by atomic mass is 9.79. The average Bonchev–Trinajstić information content (AvgIpc) is 2.39. The maximum Gasteiger partial charge on any atom is 0.0164 e. The third-order valence-electron chi connectivity index (χ3n) is 4.32. The second kappa shape index (κ2) is 5.88. The maximum absolute atomic E-state index is 2.74. The minimum absolute atomic E-state index is 0. The van der Waals surface area contributed by atoms with Crippen LogP contribution in [-0.2, 0) is 0 Å². The Bertz CT molecular complexity index is 336. The zero-order valence-electron chi connectivity index (χ0n) is 10.3. The van der Waals surface area contributed by atoms with Crippen molar-refractivity contribution in [2.45, 2.75) is 44.1 Å². The molecule has 2 saturated heterocycles. The largest absolute Gasteiger partial charge is 0.300 e. The summed E-state index contributed by atoms with van der Waals surface area (Å²) in [6.45, 7) is 2.68. The average molecular weight is 252 g/mol. The monoisotopic (exact) mass is 251 g/mol. The Morgan fingerprint density at radius 3 is 2.47 bits per heavy atom. The van der Waals surface area contributed by atoms with Crippen LogP contribution in [0.1, 0.15) is 43.6 Å². The first-order valence-corrected chi connectivity index (χ1v) is 6.74. The predicted molar refractivity (Wildman–Crippen MR) is 74.9 cm³/mol. The molecule has 1 aromatic rings. The van der Waals surface area contributed by atoms with Crippen molar-refractivity contribution in [2.75, 3.05) is 13.1 Å². The molecular formula is C15H22ClN. The Kier molecular flexibility index (Phi) is 4.47. The Labute approximate surface area is 111 Å². The highest BCUT2D eigenvalue weighted by Gasteiger charge is 2.33. The molecule has 0 aliphatic carbocycles. The van der Waals surface area contributed by atoms with E-state index in [1.807, 2.05) is 0 Å². The van der Waals surface area contributed by atoms with Crippen LogP contribution in [0, 0.1) is 0 Å². The summed E-state index contributed by atoms with van der Waals surface area (Å²) in [6.07, 6.45) is 7.04. The summed E-state index contributed by atoms with van der Waals surface area (Å²) < 4.78 is 0. The molecule has 17 heavy (non-hydrogen) atoms. The summed E-state index contributed by atoms with van der Waals surface area (Å²) >= 11 is 0. The molecular weight excluding hydrogens is 230 g/mol. The third-order valence-corrected chi connectivity index (χ3v) is 4.32. The molecule has 0 aromatic heterocycles. The maximum atomic E-state index is 2.74. The molecule has 2 aliphatic heterocycles. The van der Waals surface area contributed by atoms with Crippen molar-refractivity contribution in [1.29, 1.82) is 0 Å². The second-order valence-electron chi connectivity index (χ2n) is 5.26. The molecule has 2 heterocycles. The van der Waals surface area contributed by atoms with Gasteiger partial charge in [0.25, 0.3) is 0 Å². The normalized spacial score (nSPS) is 29.2. The lowest BCUT2D eigenvalue weighted by Gasteiger charge is -2.44. The van der Waals surface area contributed by atoms with E-state index >= 15 is 0 Å². The molecule has 0 unspecified atom stereocenters. The van der Waals surface area contributed by atoms with Gasteiger partial charge in [0.15, 0.2) is 0 Å². The van der Waals surface area contributed by atoms with Gasteiger partial charge in [0, 0.05) is 6.04 Å². The van der Waals surface area contributed by atoms with Gasteiger partial charge in [0.2, 0.25) is 0 Å². The second-order valence-corrected chi connectivity index (χ2v) is 5.26. The summed E-state index contributed by atoms with van der Waals surface area (Å²) in [5, 5.41) is 0. The fourth-order valence-corrected chi connectivity index (χ4v) is 3.55. The number of fused-ring (bicyclic) bond motifs is 1. The van der Waals surface area contributed by atoms with E-state index in [0.717, 1.165) is 12.0 Å². The number of hydrogen-bond donors (Lipinski definition) is 0. The highest BCUT2D eigenvalue weighted by Crippen LogP contribution is 2.37. The van der Waals surface area contributed by atoms with Gasteiger partial charge < -0.3 is 0 Å². The molecule has 94 valence electrons. The highest BCUT2D eigenvalue weighted by atomic mass is 35.5. The Balaban J connectivity index is 0.00000108. The lowest BCUT2D eigenvalue weighted by Crippen LogP contribution is -2.46. The van der Waals surface area contributed by atoms with Crippen LogP contribution in [0.2, 0.25) is 0 Å². The summed E-state index contributed by atoms with van der Waals surface area (Å²) in [7, 11) is 0. The first-order valence-electron chi connectivity index (χ1n) is 6.74. The number of piperidine rings is 2. The van der Waals surface area contributed by atoms with Crippen LogP contribution in [0.5, 0.6) is 0 Å². The van der Waals surface area contributed by atoms with Crippen LogP contribution in [0.4, 0.5) is 0 Å². The van der Waals surface area contributed by atoms with E-state index in [9.17, 15) is 0 Å². The van der Waals surface area contributed by atoms with Gasteiger partial charge in [-0.25, -0.2) is 0 Å². The SMILES string of the molecule is Cl.c1ccc([C@H]2CCCN3CCCC[C@H]23)cc1. The van der Waals surface area contributed by atoms with E-state index in [4.69, 9.17) is 0 Å². The van der Waals surface area contributed by atoms with Crippen molar-refractivity contribution in [3.8, 4) is 0 Å². The van der Waals surface area contributed by atoms with E-state index in [2.05, 4.69) is 35.2 Å². The number of benzene rings is 1. The molecule has 0 radical (unpaired) electrons. The van der Waals surface area contributed by atoms with E-state index in [0.29, 0.717) is 0 Å². The van der Waals surface area contributed by atoms with E-state index < -0.39 is 0 Å². The van der Waals surface area contributed by atoms with Gasteiger partial charge in [-0.05, 0) is 50.3 Å². The molecule has 2 heteroatoms. The van der Waals surface area contributed by atoms with Crippen LogP contribution in [0.3, 0.4) is 0 Å². The smallest absolute Gasteiger partial charge is 0.0164 e. The van der Waals surface area contributed by atoms with Crippen molar-refractivity contribution in [3.63, 3.8) is 0 Å². The highest BCUT2D eigenvalue weighted by molar-refractivity contribution is 5.85. The molecule has 1 aromatic carbocycles. The van der Waals surface area contributed by atoms with Crippen molar-refractivity contribution < 1.29 is 0 Å². The van der Waals surface area contributed by atoms with Gasteiger partial charge in [-0.15, -0.1) is 12.4 Å². The van der Waals surface area contributed by atoms with Gasteiger partial charge in [0.1, 0.15) is 0 Å². The number of halogens is 1. The van der Waals surface area contributed by atoms with Crippen molar-refractivity contribution in [1.82, 2.24) is 4.90 Å². The van der Waals surface area contributed by atoms with Gasteiger partial charge in [-0.2, -0.15) is 0 Å². The summed E-state index contributed by atoms with van der Waals surface area (Å²) in [5.41, 5.74) is 1.57. The molecule has 1 nitrogen and oxygen atoms in total. The quantitative estimate of drug-likeness (QED) is 0.733. The summed E-state index contributed by atoms with van der Waals surface area (Å²) in [6, 6.07) is 12.0. The standard InChI is InChI=1S/C15H21N.ClH/c1-2-7-13(8-3-1)14-9-6-12-16-11-5-4-10-15(14)16;/h1-3,7-8,14-15H,4-6,9-12H2;1H/t14-,15-;/m1./s1. The summed E-state index contributed by atoms with van der Waals surface area (Å²) in [5.74, 6) is 0.801. The van der Waals surface area contributed by atoms with Crippen LogP contribution >= 0.6 is 12.4 Å². The zero-order chi connectivity index (χ0) is 10.8. The van der Waals surface area contributed by atoms with Crippen LogP contribution in [0.25, 0.3) is 0 Å². The molecule has 0 spiro atoms. The van der Waals surface area contributed by atoms with Gasteiger partial charge >= 0.3 is 0 Å². The fourth-order valence-electron chi connectivity index (χ4n) is 3.55. The van der Waals surface area contributed by atoms with Crippen LogP contribution in [0.15, 0.2) is 30.3 Å². The van der Waals surface area contributed by atoms with Crippen LogP contribution < -0.4 is 0 Å². The molecule has 0 N–H and O–H groups in total. The van der Waals surface area contributed by atoms with Crippen LogP contribution in [-0.4, -0.2) is 24.0 Å². The van der Waals surface area contributed by atoms with Crippen molar-refractivity contribution in [3.05, 3.63) is 35.9 Å². The van der Waals surface area contributed by atoms with Gasteiger partial charge in [-0.3, -0.25) is 4.90 Å². The fraction of sp³-hybridized carbons (Fsp3) is 0.600. The Morgan fingerprint density at radius 1 is 0.882 bits per heavy atom. The molecule has 2 atom stereocenters. The minimum atomic E-state index is 0. The summed E-state index contributed by atoms with van der Waals surface area (Å²) in [4.78, 5) is 2.74. The molecule has 2 fully saturated rings. The molecule has 0 saturated carbocycles. The molecule has 2 aliphatic rings. The lowest BCUT2D eigenvalue weighted by molar-refractivity contribution is 0.0894. The predicted octanol–water partition coefficient (Wildman–Crippen LogP) is 3.84.